The van der Waals surface area contributed by atoms with Crippen LogP contribution in [-0.2, 0) is 10.0 Å². The number of sulfonamides is 1. The maximum absolute atomic E-state index is 13.2. The van der Waals surface area contributed by atoms with Crippen LogP contribution in [0.25, 0.3) is 0 Å². The Kier molecular flexibility index (Phi) is 4.10. The second kappa shape index (κ2) is 5.36. The largest absolute Gasteiger partial charge is 0.315 e. The van der Waals surface area contributed by atoms with Crippen molar-refractivity contribution in [1.29, 1.82) is 0 Å². The average Bonchev–Trinajstić information content (AvgIpc) is 2.65. The summed E-state index contributed by atoms with van der Waals surface area (Å²) in [7, 11) is -3.97. The summed E-state index contributed by atoms with van der Waals surface area (Å²) >= 11 is 11.7. The molecule has 0 bridgehead atoms. The molecule has 0 saturated heterocycles. The zero-order chi connectivity index (χ0) is 15.1. The Morgan fingerprint density at radius 2 is 1.85 bits per heavy atom. The van der Waals surface area contributed by atoms with Crippen LogP contribution in [-0.4, -0.2) is 13.4 Å². The number of benzene rings is 1. The van der Waals surface area contributed by atoms with Crippen molar-refractivity contribution in [2.24, 2.45) is 0 Å². The summed E-state index contributed by atoms with van der Waals surface area (Å²) in [6.45, 7) is 1.46. The van der Waals surface area contributed by atoms with E-state index in [0.717, 1.165) is 12.1 Å². The molecule has 0 aliphatic carbocycles. The lowest BCUT2D eigenvalue weighted by atomic mass is 10.3. The fourth-order valence-electron chi connectivity index (χ4n) is 1.46. The lowest BCUT2D eigenvalue weighted by Crippen LogP contribution is -2.12. The molecule has 20 heavy (non-hydrogen) atoms. The van der Waals surface area contributed by atoms with Crippen LogP contribution in [0.2, 0.25) is 10.0 Å². The minimum atomic E-state index is -3.97. The predicted octanol–water partition coefficient (Wildman–Crippen LogP) is 2.99. The number of nitrogens with one attached hydrogen (secondary N) is 2. The van der Waals surface area contributed by atoms with E-state index < -0.39 is 20.7 Å². The molecule has 0 spiro atoms. The van der Waals surface area contributed by atoms with Gasteiger partial charge in [-0.05, 0) is 19.1 Å². The molecular weight excluding hydrogens is 350 g/mol. The van der Waals surface area contributed by atoms with Crippen LogP contribution < -0.4 is 9.60 Å². The molecule has 1 heterocycles. The fourth-order valence-corrected chi connectivity index (χ4v) is 4.29. The summed E-state index contributed by atoms with van der Waals surface area (Å²) in [5, 5.41) is -0.622. The molecule has 0 fully saturated rings. The Balaban J connectivity index is 2.43. The second-order valence-electron chi connectivity index (χ2n) is 3.79. The first-order chi connectivity index (χ1) is 9.20. The molecule has 0 amide bonds. The number of aromatic amines is 1. The van der Waals surface area contributed by atoms with E-state index in [9.17, 15) is 17.6 Å². The van der Waals surface area contributed by atoms with Gasteiger partial charge in [-0.15, -0.1) is 0 Å². The minimum absolute atomic E-state index is 0.00153. The Bertz CT molecular complexity index is 806. The first kappa shape index (κ1) is 15.3. The molecule has 0 saturated carbocycles. The van der Waals surface area contributed by atoms with Gasteiger partial charge in [0.1, 0.15) is 0 Å². The summed E-state index contributed by atoms with van der Waals surface area (Å²) < 4.78 is 39.5. The van der Waals surface area contributed by atoms with Crippen LogP contribution in [0.3, 0.4) is 0 Å². The minimum Gasteiger partial charge on any atom is -0.315 e. The number of thiazole rings is 1. The van der Waals surface area contributed by atoms with E-state index in [4.69, 9.17) is 23.2 Å². The zero-order valence-electron chi connectivity index (χ0n) is 9.83. The molecular formula is C10H7Cl2FN2O3S2. The van der Waals surface area contributed by atoms with E-state index in [2.05, 4.69) is 9.71 Å². The average molecular weight is 357 g/mol. The highest BCUT2D eigenvalue weighted by molar-refractivity contribution is 7.94. The molecule has 0 unspecified atom stereocenters. The summed E-state index contributed by atoms with van der Waals surface area (Å²) in [6, 6.07) is 2.18. The number of aryl methyl sites for hydroxylation is 1. The number of H-pyrrole nitrogens is 1. The molecule has 108 valence electrons. The van der Waals surface area contributed by atoms with Crippen molar-refractivity contribution in [1.82, 2.24) is 4.98 Å². The molecule has 0 aliphatic rings. The third kappa shape index (κ3) is 2.98. The van der Waals surface area contributed by atoms with Gasteiger partial charge in [0.05, 0.1) is 15.7 Å². The maximum atomic E-state index is 13.2. The maximum Gasteiger partial charge on any atom is 0.306 e. The molecule has 0 aliphatic heterocycles. The molecule has 10 heteroatoms. The van der Waals surface area contributed by atoms with E-state index in [-0.39, 0.29) is 25.6 Å². The van der Waals surface area contributed by atoms with Gasteiger partial charge in [0, 0.05) is 5.69 Å². The van der Waals surface area contributed by atoms with Crippen LogP contribution in [0.15, 0.2) is 21.1 Å². The highest BCUT2D eigenvalue weighted by Crippen LogP contribution is 2.29. The molecule has 2 aromatic rings. The van der Waals surface area contributed by atoms with Crippen LogP contribution in [0.1, 0.15) is 5.69 Å². The van der Waals surface area contributed by atoms with Gasteiger partial charge in [-0.25, -0.2) is 12.8 Å². The van der Waals surface area contributed by atoms with Gasteiger partial charge in [-0.2, -0.15) is 0 Å². The lowest BCUT2D eigenvalue weighted by molar-refractivity contribution is 0.602. The highest BCUT2D eigenvalue weighted by atomic mass is 35.5. The van der Waals surface area contributed by atoms with Crippen molar-refractivity contribution in [3.63, 3.8) is 0 Å². The molecule has 0 radical (unpaired) electrons. The van der Waals surface area contributed by atoms with Gasteiger partial charge >= 0.3 is 4.87 Å². The third-order valence-electron chi connectivity index (χ3n) is 2.26. The van der Waals surface area contributed by atoms with Crippen LogP contribution in [0, 0.1) is 12.7 Å². The summed E-state index contributed by atoms with van der Waals surface area (Å²) in [5.74, 6) is -0.834. The number of hydrogen-bond acceptors (Lipinski definition) is 4. The SMILES string of the molecule is Cc1[nH]c(=O)sc1S(=O)(=O)Nc1cc(Cl)c(F)c(Cl)c1. The predicted molar refractivity (Wildman–Crippen MR) is 76.9 cm³/mol. The monoisotopic (exact) mass is 356 g/mol. The third-order valence-corrected chi connectivity index (χ3v) is 5.80. The Morgan fingerprint density at radius 1 is 1.30 bits per heavy atom. The van der Waals surface area contributed by atoms with Crippen molar-refractivity contribution in [2.75, 3.05) is 4.72 Å². The lowest BCUT2D eigenvalue weighted by Gasteiger charge is -2.08. The highest BCUT2D eigenvalue weighted by Gasteiger charge is 2.21. The van der Waals surface area contributed by atoms with Crippen LogP contribution in [0.5, 0.6) is 0 Å². The number of hydrogen-bond donors (Lipinski definition) is 2. The molecule has 1 aromatic carbocycles. The van der Waals surface area contributed by atoms with Gasteiger partial charge in [-0.3, -0.25) is 9.52 Å². The van der Waals surface area contributed by atoms with Crippen LogP contribution >= 0.6 is 34.5 Å². The van der Waals surface area contributed by atoms with Gasteiger partial charge in [-0.1, -0.05) is 34.5 Å². The topological polar surface area (TPSA) is 79.0 Å². The van der Waals surface area contributed by atoms with Gasteiger partial charge in [0.25, 0.3) is 10.0 Å². The van der Waals surface area contributed by atoms with Crippen molar-refractivity contribution >= 4 is 50.2 Å². The first-order valence-corrected chi connectivity index (χ1v) is 8.13. The number of anilines is 1. The molecule has 5 nitrogen and oxygen atoms in total. The molecule has 2 rings (SSSR count). The first-order valence-electron chi connectivity index (χ1n) is 5.08. The standard InChI is InChI=1S/C10H7Cl2FN2O3S2/c1-4-9(19-10(16)14-4)20(17,18)15-5-2-6(11)8(13)7(12)3-5/h2-3,15H,1H3,(H,14,16). The van der Waals surface area contributed by atoms with E-state index in [0.29, 0.717) is 11.3 Å². The van der Waals surface area contributed by atoms with E-state index >= 15 is 0 Å². The molecule has 2 N–H and O–H groups in total. The Labute approximate surface area is 127 Å². The van der Waals surface area contributed by atoms with E-state index in [1.807, 2.05) is 0 Å². The smallest absolute Gasteiger partial charge is 0.306 e. The number of halogens is 3. The van der Waals surface area contributed by atoms with Crippen molar-refractivity contribution in [3.05, 3.63) is 43.4 Å². The number of rotatable bonds is 3. The van der Waals surface area contributed by atoms with Crippen molar-refractivity contribution in [3.8, 4) is 0 Å². The summed E-state index contributed by atoms with van der Waals surface area (Å²) in [4.78, 5) is 13.0. The van der Waals surface area contributed by atoms with E-state index in [1.165, 1.54) is 6.92 Å². The Hall–Kier alpha value is -1.09. The van der Waals surface area contributed by atoms with Gasteiger partial charge in [0.2, 0.25) is 0 Å². The molecule has 0 atom stereocenters. The summed E-state index contributed by atoms with van der Waals surface area (Å²) in [6.07, 6.45) is 0. The van der Waals surface area contributed by atoms with Gasteiger partial charge in [0.15, 0.2) is 10.0 Å². The quantitative estimate of drug-likeness (QED) is 0.829. The van der Waals surface area contributed by atoms with E-state index in [1.54, 1.807) is 0 Å². The van der Waals surface area contributed by atoms with Gasteiger partial charge < -0.3 is 4.98 Å². The second-order valence-corrected chi connectivity index (χ2v) is 7.46. The summed E-state index contributed by atoms with van der Waals surface area (Å²) in [5.41, 5.74) is 0.216. The van der Waals surface area contributed by atoms with Crippen LogP contribution in [0.4, 0.5) is 10.1 Å². The van der Waals surface area contributed by atoms with Crippen molar-refractivity contribution < 1.29 is 12.8 Å². The van der Waals surface area contributed by atoms with Crippen molar-refractivity contribution in [2.45, 2.75) is 11.1 Å². The Morgan fingerprint density at radius 3 is 2.30 bits per heavy atom. The zero-order valence-corrected chi connectivity index (χ0v) is 13.0. The molecule has 1 aromatic heterocycles. The fraction of sp³-hybridized carbons (Fsp3) is 0.100. The number of aromatic nitrogens is 1. The normalized spacial score (nSPS) is 11.6.